The highest BCUT2D eigenvalue weighted by molar-refractivity contribution is 5.87. The van der Waals surface area contributed by atoms with Crippen molar-refractivity contribution in [1.82, 2.24) is 25.7 Å². The summed E-state index contributed by atoms with van der Waals surface area (Å²) in [7, 11) is 0. The predicted molar refractivity (Wildman–Crippen MR) is 121 cm³/mol. The van der Waals surface area contributed by atoms with Gasteiger partial charge in [-0.2, -0.15) is 15.5 Å². The quantitative estimate of drug-likeness (QED) is 0.294. The van der Waals surface area contributed by atoms with Crippen LogP contribution in [0.25, 0.3) is 26.7 Å². The zero-order valence-corrected chi connectivity index (χ0v) is 18.1. The normalized spacial score (nSPS) is 15.4. The van der Waals surface area contributed by atoms with E-state index in [1.165, 1.54) is 18.5 Å². The van der Waals surface area contributed by atoms with Crippen LogP contribution in [-0.4, -0.2) is 26.7 Å². The zero-order chi connectivity index (χ0) is 24.4. The van der Waals surface area contributed by atoms with Gasteiger partial charge in [0.2, 0.25) is 0 Å². The highest BCUT2D eigenvalue weighted by atomic mass is 19.1. The highest BCUT2D eigenvalue weighted by Gasteiger charge is 2.32. The largest absolute Gasteiger partial charge is 0.372 e. The summed E-state index contributed by atoms with van der Waals surface area (Å²) in [5.74, 6) is -1.66. The number of allylic oxidation sites excluding steroid dienone is 3. The van der Waals surface area contributed by atoms with Gasteiger partial charge in [0.25, 0.3) is 0 Å². The van der Waals surface area contributed by atoms with Gasteiger partial charge in [-0.1, -0.05) is 6.07 Å². The number of nitrogens with zero attached hydrogens (tertiary/aromatic N) is 4. The number of aromatic amines is 2. The zero-order valence-electron chi connectivity index (χ0n) is 18.1. The van der Waals surface area contributed by atoms with Crippen molar-refractivity contribution in [1.29, 1.82) is 5.26 Å². The molecule has 3 N–H and O–H groups in total. The van der Waals surface area contributed by atoms with Gasteiger partial charge in [-0.3, -0.25) is 15.0 Å². The van der Waals surface area contributed by atoms with Crippen LogP contribution in [0, 0.1) is 29.5 Å². The summed E-state index contributed by atoms with van der Waals surface area (Å²) in [6, 6.07) is 8.46. The van der Waals surface area contributed by atoms with Crippen molar-refractivity contribution >= 4 is 28.1 Å². The first-order valence-corrected chi connectivity index (χ1v) is 10.1. The molecule has 0 amide bonds. The number of dihydropyridines is 1. The molecule has 3 heterocycles. The molecule has 0 saturated carbocycles. The maximum absolute atomic E-state index is 14.8. The number of benzene rings is 2. The summed E-state index contributed by atoms with van der Waals surface area (Å²) in [6.07, 6.45) is 3.26. The molecule has 2 aromatic heterocycles. The van der Waals surface area contributed by atoms with Gasteiger partial charge in [0.15, 0.2) is 12.0 Å². The van der Waals surface area contributed by atoms with Crippen molar-refractivity contribution < 1.29 is 13.6 Å². The number of hydrogen-bond donors (Lipinski definition) is 3. The van der Waals surface area contributed by atoms with Gasteiger partial charge in [0.05, 0.1) is 63.9 Å². The third kappa shape index (κ3) is 3.67. The molecule has 0 bridgehead atoms. The molecule has 8 nitrogen and oxygen atoms in total. The third-order valence-corrected chi connectivity index (χ3v) is 5.58. The molecule has 0 fully saturated rings. The van der Waals surface area contributed by atoms with E-state index in [1.54, 1.807) is 32.0 Å². The van der Waals surface area contributed by atoms with Gasteiger partial charge in [-0.25, -0.2) is 13.6 Å². The van der Waals surface area contributed by atoms with Crippen LogP contribution in [0.2, 0.25) is 0 Å². The first kappa shape index (κ1) is 22.4. The first-order chi connectivity index (χ1) is 16.4. The van der Waals surface area contributed by atoms with E-state index in [4.69, 9.17) is 6.57 Å². The molecule has 10 heteroatoms. The molecule has 1 unspecified atom stereocenters. The second kappa shape index (κ2) is 8.96. The first-order valence-electron chi connectivity index (χ1n) is 10.1. The van der Waals surface area contributed by atoms with E-state index >= 15 is 0 Å². The Labute approximate surface area is 192 Å². The van der Waals surface area contributed by atoms with Crippen LogP contribution in [0.3, 0.4) is 0 Å². The number of aldehydes is 1. The lowest BCUT2D eigenvalue weighted by Crippen LogP contribution is -2.23. The fourth-order valence-corrected chi connectivity index (χ4v) is 3.90. The van der Waals surface area contributed by atoms with Crippen LogP contribution in [0.4, 0.5) is 8.78 Å². The molecule has 0 spiro atoms. The Bertz CT molecular complexity index is 1540. The summed E-state index contributed by atoms with van der Waals surface area (Å²) in [5.41, 5.74) is 3.53. The Balaban J connectivity index is 0.000000192. The SMILES string of the molecule is O=Cc1ccc2[nH]ncc2c1F.[C-]#[N+]C1=C(C)NC(C)=C(C#N)C1c1ccc2[nH]ncc2c1F. The van der Waals surface area contributed by atoms with Crippen LogP contribution >= 0.6 is 0 Å². The summed E-state index contributed by atoms with van der Waals surface area (Å²) in [5, 5.41) is 26.0. The Morgan fingerprint density at radius 1 is 1.03 bits per heavy atom. The maximum atomic E-state index is 14.8. The van der Waals surface area contributed by atoms with Crippen molar-refractivity contribution in [2.45, 2.75) is 19.8 Å². The number of H-pyrrole nitrogens is 2. The number of nitriles is 1. The van der Waals surface area contributed by atoms with Crippen LogP contribution in [0.1, 0.15) is 35.7 Å². The molecule has 168 valence electrons. The molecule has 34 heavy (non-hydrogen) atoms. The van der Waals surface area contributed by atoms with Gasteiger partial charge in [0, 0.05) is 11.4 Å². The van der Waals surface area contributed by atoms with E-state index in [0.29, 0.717) is 56.3 Å². The molecular formula is C24H17F2N7O. The van der Waals surface area contributed by atoms with Gasteiger partial charge < -0.3 is 5.32 Å². The minimum absolute atomic E-state index is 0.0592. The number of rotatable bonds is 2. The number of carbonyl (C=O) groups excluding carboxylic acids is 1. The minimum atomic E-state index is -0.692. The molecule has 2 aromatic carbocycles. The van der Waals surface area contributed by atoms with Gasteiger partial charge >= 0.3 is 0 Å². The highest BCUT2D eigenvalue weighted by Crippen LogP contribution is 2.40. The average molecular weight is 457 g/mol. The number of carbonyl (C=O) groups is 1. The van der Waals surface area contributed by atoms with Crippen molar-refractivity contribution in [3.05, 3.63) is 93.5 Å². The molecule has 1 aliphatic rings. The van der Waals surface area contributed by atoms with Gasteiger partial charge in [-0.15, -0.1) is 0 Å². The average Bonchev–Trinajstić information content (AvgIpc) is 3.50. The third-order valence-electron chi connectivity index (χ3n) is 5.58. The van der Waals surface area contributed by atoms with E-state index in [2.05, 4.69) is 36.6 Å². The van der Waals surface area contributed by atoms with Gasteiger partial charge in [-0.05, 0) is 37.6 Å². The van der Waals surface area contributed by atoms with Crippen molar-refractivity contribution in [3.63, 3.8) is 0 Å². The Hall–Kier alpha value is -4.83. The maximum Gasteiger partial charge on any atom is 0.196 e. The smallest absolute Gasteiger partial charge is 0.196 e. The number of fused-ring (bicyclic) bond motifs is 2. The fourth-order valence-electron chi connectivity index (χ4n) is 3.90. The van der Waals surface area contributed by atoms with Crippen LogP contribution in [0.5, 0.6) is 0 Å². The Kier molecular flexibility index (Phi) is 5.90. The van der Waals surface area contributed by atoms with E-state index in [1.807, 2.05) is 0 Å². The minimum Gasteiger partial charge on any atom is -0.372 e. The number of nitrogens with one attached hydrogen (secondary N) is 3. The van der Waals surface area contributed by atoms with Crippen molar-refractivity contribution in [3.8, 4) is 6.07 Å². The topological polar surface area (TPSA) is 115 Å². The summed E-state index contributed by atoms with van der Waals surface area (Å²) < 4.78 is 28.0. The lowest BCUT2D eigenvalue weighted by molar-refractivity contribution is 0.112. The molecule has 5 rings (SSSR count). The molecule has 0 saturated heterocycles. The fraction of sp³-hybridized carbons (Fsp3) is 0.125. The van der Waals surface area contributed by atoms with Crippen LogP contribution in [-0.2, 0) is 0 Å². The monoisotopic (exact) mass is 457 g/mol. The van der Waals surface area contributed by atoms with Crippen LogP contribution in [0.15, 0.2) is 59.3 Å². The second-order valence-corrected chi connectivity index (χ2v) is 7.55. The molecule has 1 atom stereocenters. The predicted octanol–water partition coefficient (Wildman–Crippen LogP) is 4.85. The Morgan fingerprint density at radius 2 is 1.65 bits per heavy atom. The summed E-state index contributed by atoms with van der Waals surface area (Å²) >= 11 is 0. The number of halogens is 2. The van der Waals surface area contributed by atoms with Crippen LogP contribution < -0.4 is 5.32 Å². The van der Waals surface area contributed by atoms with E-state index in [0.717, 1.165) is 0 Å². The molecular weight excluding hydrogens is 440 g/mol. The van der Waals surface area contributed by atoms with E-state index < -0.39 is 17.6 Å². The van der Waals surface area contributed by atoms with Crippen molar-refractivity contribution in [2.75, 3.05) is 0 Å². The number of aromatic nitrogens is 4. The molecule has 0 aliphatic carbocycles. The second-order valence-electron chi connectivity index (χ2n) is 7.55. The summed E-state index contributed by atoms with van der Waals surface area (Å²) in [6.45, 7) is 10.9. The van der Waals surface area contributed by atoms with Gasteiger partial charge in [0.1, 0.15) is 11.6 Å². The molecule has 4 aromatic rings. The number of hydrogen-bond acceptors (Lipinski definition) is 5. The standard InChI is InChI=1S/C16H12FN5.C8H5FN2O/c1-8-11(6-18)14(16(19-3)9(2)21-8)10-4-5-13-12(15(10)17)7-20-22-13;9-8-5(4-12)1-2-7-6(8)3-10-11-7/h4-5,7,14,21H,1-2H3,(H,20,22);1-4H,(H,10,11). The van der Waals surface area contributed by atoms with E-state index in [9.17, 15) is 18.8 Å². The lowest BCUT2D eigenvalue weighted by atomic mass is 9.84. The lowest BCUT2D eigenvalue weighted by Gasteiger charge is -2.26. The summed E-state index contributed by atoms with van der Waals surface area (Å²) in [4.78, 5) is 13.8. The molecule has 0 radical (unpaired) electrons. The Morgan fingerprint density at radius 3 is 2.24 bits per heavy atom. The molecule has 1 aliphatic heterocycles. The van der Waals surface area contributed by atoms with E-state index in [-0.39, 0.29) is 5.56 Å². The van der Waals surface area contributed by atoms with Crippen molar-refractivity contribution in [2.24, 2.45) is 0 Å².